The van der Waals surface area contributed by atoms with E-state index >= 15 is 0 Å². The van der Waals surface area contributed by atoms with Crippen LogP contribution < -0.4 is 10.1 Å². The van der Waals surface area contributed by atoms with Crippen molar-refractivity contribution in [2.45, 2.75) is 44.8 Å². The average molecular weight is 644 g/mol. The van der Waals surface area contributed by atoms with Gasteiger partial charge in [0.25, 0.3) is 5.91 Å². The maximum absolute atomic E-state index is 12.7. The standard InChI is InChI=1S/C36H41N3O8/c1-36(2,3)47-33(41)21-38-16-18-39(19-17-38)32(40)23-45-25-14-12-24(13-15-25)20-31(34(42)43)37-35(44)46-22-30-28-10-6-4-8-26(28)27-9-5-7-11-29(27)30/h4-15,30-31H,16-23H2,1-3H3,(H,37,44)(H,42,43). The van der Waals surface area contributed by atoms with Crippen LogP contribution in [-0.4, -0.2) is 96.4 Å². The number of nitrogens with one attached hydrogen (secondary N) is 1. The topological polar surface area (TPSA) is 135 Å². The summed E-state index contributed by atoms with van der Waals surface area (Å²) in [5, 5.41) is 12.3. The molecular weight excluding hydrogens is 602 g/mol. The fourth-order valence-electron chi connectivity index (χ4n) is 5.89. The van der Waals surface area contributed by atoms with Gasteiger partial charge in [0, 0.05) is 38.5 Å². The first-order valence-electron chi connectivity index (χ1n) is 15.7. The first-order valence-corrected chi connectivity index (χ1v) is 15.7. The number of carbonyl (C=O) groups is 4. The third kappa shape index (κ3) is 8.88. The van der Waals surface area contributed by atoms with Crippen molar-refractivity contribution in [2.75, 3.05) is 45.9 Å². The zero-order chi connectivity index (χ0) is 33.6. The van der Waals surface area contributed by atoms with Crippen LogP contribution in [0.25, 0.3) is 11.1 Å². The Labute approximate surface area is 274 Å². The largest absolute Gasteiger partial charge is 0.484 e. The van der Waals surface area contributed by atoms with Gasteiger partial charge in [-0.2, -0.15) is 0 Å². The van der Waals surface area contributed by atoms with Gasteiger partial charge >= 0.3 is 18.0 Å². The van der Waals surface area contributed by atoms with Crippen LogP contribution in [0.5, 0.6) is 5.75 Å². The SMILES string of the molecule is CC(C)(C)OC(=O)CN1CCN(C(=O)COc2ccc(CC(NC(=O)OCC3c4ccccc4-c4ccccc43)C(=O)O)cc2)CC1. The van der Waals surface area contributed by atoms with Gasteiger partial charge < -0.3 is 29.5 Å². The number of hydrogen-bond acceptors (Lipinski definition) is 8. The van der Waals surface area contributed by atoms with Gasteiger partial charge in [0.05, 0.1) is 6.54 Å². The van der Waals surface area contributed by atoms with Gasteiger partial charge in [-0.1, -0.05) is 60.7 Å². The van der Waals surface area contributed by atoms with E-state index in [-0.39, 0.29) is 44.0 Å². The number of carboxylic acids is 1. The molecule has 0 saturated carbocycles. The number of alkyl carbamates (subject to hydrolysis) is 1. The van der Waals surface area contributed by atoms with Crippen molar-refractivity contribution < 1.29 is 38.5 Å². The van der Waals surface area contributed by atoms with Crippen LogP contribution in [0.2, 0.25) is 0 Å². The monoisotopic (exact) mass is 643 g/mol. The fourth-order valence-corrected chi connectivity index (χ4v) is 5.89. The van der Waals surface area contributed by atoms with Crippen molar-refractivity contribution in [1.82, 2.24) is 15.1 Å². The van der Waals surface area contributed by atoms with Crippen LogP contribution in [0.4, 0.5) is 4.79 Å². The normalized spacial score (nSPS) is 15.3. The quantitative estimate of drug-likeness (QED) is 0.297. The van der Waals surface area contributed by atoms with E-state index in [0.29, 0.717) is 37.5 Å². The van der Waals surface area contributed by atoms with E-state index < -0.39 is 23.7 Å². The van der Waals surface area contributed by atoms with E-state index in [1.807, 2.05) is 74.2 Å². The second-order valence-corrected chi connectivity index (χ2v) is 12.7. The number of benzene rings is 3. The van der Waals surface area contributed by atoms with Crippen molar-refractivity contribution in [3.05, 3.63) is 89.5 Å². The van der Waals surface area contributed by atoms with E-state index in [1.54, 1.807) is 29.2 Å². The minimum atomic E-state index is -1.20. The number of fused-ring (bicyclic) bond motifs is 3. The summed E-state index contributed by atoms with van der Waals surface area (Å²) >= 11 is 0. The second kappa shape index (κ2) is 14.7. The molecule has 1 fully saturated rings. The molecule has 3 aromatic carbocycles. The first kappa shape index (κ1) is 33.5. The summed E-state index contributed by atoms with van der Waals surface area (Å²) in [5.74, 6) is -1.31. The lowest BCUT2D eigenvalue weighted by atomic mass is 9.98. The minimum absolute atomic E-state index is 0.0340. The van der Waals surface area contributed by atoms with Gasteiger partial charge in [-0.3, -0.25) is 14.5 Å². The Morgan fingerprint density at radius 2 is 1.47 bits per heavy atom. The average Bonchev–Trinajstić information content (AvgIpc) is 3.36. The van der Waals surface area contributed by atoms with Crippen molar-refractivity contribution in [3.8, 4) is 16.9 Å². The summed E-state index contributed by atoms with van der Waals surface area (Å²) in [5.41, 5.74) is 4.47. The Morgan fingerprint density at radius 1 is 0.872 bits per heavy atom. The summed E-state index contributed by atoms with van der Waals surface area (Å²) < 4.78 is 16.6. The molecule has 0 bridgehead atoms. The second-order valence-electron chi connectivity index (χ2n) is 12.7. The third-order valence-electron chi connectivity index (χ3n) is 8.16. The van der Waals surface area contributed by atoms with Crippen LogP contribution in [0.3, 0.4) is 0 Å². The minimum Gasteiger partial charge on any atom is -0.484 e. The lowest BCUT2D eigenvalue weighted by molar-refractivity contribution is -0.156. The zero-order valence-corrected chi connectivity index (χ0v) is 26.9. The number of nitrogens with zero attached hydrogens (tertiary/aromatic N) is 2. The number of piperazine rings is 1. The molecule has 1 aliphatic heterocycles. The number of hydrogen-bond donors (Lipinski definition) is 2. The molecule has 0 spiro atoms. The summed E-state index contributed by atoms with van der Waals surface area (Å²) in [6.45, 7) is 7.70. The molecule has 2 N–H and O–H groups in total. The molecule has 11 nitrogen and oxygen atoms in total. The Bertz CT molecular complexity index is 1550. The van der Waals surface area contributed by atoms with Crippen molar-refractivity contribution >= 4 is 23.9 Å². The predicted molar refractivity (Wildman–Crippen MR) is 174 cm³/mol. The molecule has 1 heterocycles. The first-order chi connectivity index (χ1) is 22.5. The zero-order valence-electron chi connectivity index (χ0n) is 26.9. The number of aliphatic carboxylic acids is 1. The van der Waals surface area contributed by atoms with Crippen LogP contribution >= 0.6 is 0 Å². The van der Waals surface area contributed by atoms with E-state index in [1.165, 1.54) is 0 Å². The van der Waals surface area contributed by atoms with E-state index in [2.05, 4.69) is 5.32 Å². The fraction of sp³-hybridized carbons (Fsp3) is 0.389. The lowest BCUT2D eigenvalue weighted by Crippen LogP contribution is -2.51. The van der Waals surface area contributed by atoms with Crippen molar-refractivity contribution in [2.24, 2.45) is 0 Å². The number of amides is 2. The van der Waals surface area contributed by atoms with Crippen LogP contribution in [0.1, 0.15) is 43.4 Å². The summed E-state index contributed by atoms with van der Waals surface area (Å²) in [6.07, 6.45) is -0.768. The van der Waals surface area contributed by atoms with Gasteiger partial charge in [0.2, 0.25) is 0 Å². The molecule has 1 saturated heterocycles. The number of carboxylic acid groups (broad SMARTS) is 1. The van der Waals surface area contributed by atoms with Gasteiger partial charge in [-0.15, -0.1) is 0 Å². The maximum Gasteiger partial charge on any atom is 0.407 e. The number of rotatable bonds is 11. The van der Waals surface area contributed by atoms with Crippen LogP contribution in [0.15, 0.2) is 72.8 Å². The van der Waals surface area contributed by atoms with Gasteiger partial charge in [0.15, 0.2) is 6.61 Å². The molecule has 0 aromatic heterocycles. The maximum atomic E-state index is 12.7. The molecule has 1 aliphatic carbocycles. The van der Waals surface area contributed by atoms with Gasteiger partial charge in [-0.05, 0) is 60.7 Å². The molecule has 47 heavy (non-hydrogen) atoms. The highest BCUT2D eigenvalue weighted by Gasteiger charge is 2.30. The summed E-state index contributed by atoms with van der Waals surface area (Å²) in [4.78, 5) is 53.1. The number of carbonyl (C=O) groups excluding carboxylic acids is 3. The third-order valence-corrected chi connectivity index (χ3v) is 8.16. The molecule has 1 unspecified atom stereocenters. The van der Waals surface area contributed by atoms with E-state index in [4.69, 9.17) is 14.2 Å². The van der Waals surface area contributed by atoms with E-state index in [9.17, 15) is 24.3 Å². The van der Waals surface area contributed by atoms with Crippen LogP contribution in [-0.2, 0) is 30.3 Å². The van der Waals surface area contributed by atoms with Gasteiger partial charge in [0.1, 0.15) is 24.0 Å². The Kier molecular flexibility index (Phi) is 10.5. The molecule has 2 aliphatic rings. The smallest absolute Gasteiger partial charge is 0.407 e. The molecule has 3 aromatic rings. The Hall–Kier alpha value is -4.90. The highest BCUT2D eigenvalue weighted by Crippen LogP contribution is 2.44. The molecule has 248 valence electrons. The molecule has 2 amide bonds. The van der Waals surface area contributed by atoms with Crippen molar-refractivity contribution in [1.29, 1.82) is 0 Å². The molecular formula is C36H41N3O8. The highest BCUT2D eigenvalue weighted by atomic mass is 16.6. The molecule has 5 rings (SSSR count). The molecule has 1 atom stereocenters. The summed E-state index contributed by atoms with van der Waals surface area (Å²) in [6, 6.07) is 21.5. The molecule has 11 heteroatoms. The van der Waals surface area contributed by atoms with Crippen molar-refractivity contribution in [3.63, 3.8) is 0 Å². The Morgan fingerprint density at radius 3 is 2.04 bits per heavy atom. The predicted octanol–water partition coefficient (Wildman–Crippen LogP) is 4.09. The molecule has 0 radical (unpaired) electrons. The Balaban J connectivity index is 1.06. The van der Waals surface area contributed by atoms with E-state index in [0.717, 1.165) is 22.3 Å². The highest BCUT2D eigenvalue weighted by molar-refractivity contribution is 5.81. The number of esters is 1. The van der Waals surface area contributed by atoms with Crippen LogP contribution in [0, 0.1) is 0 Å². The number of ether oxygens (including phenoxy) is 3. The summed E-state index contributed by atoms with van der Waals surface area (Å²) in [7, 11) is 0. The lowest BCUT2D eigenvalue weighted by Gasteiger charge is -2.34. The van der Waals surface area contributed by atoms with Gasteiger partial charge in [-0.25, -0.2) is 9.59 Å².